The third-order valence-electron chi connectivity index (χ3n) is 8.32. The molecule has 0 spiro atoms. The first-order valence-electron chi connectivity index (χ1n) is 17.9. The molecule has 47 heavy (non-hydrogen) atoms. The number of benzene rings is 2. The molecule has 0 N–H and O–H groups in total. The number of rotatable bonds is 16. The molecule has 2 aromatic carbocycles. The number of unbranched alkanes of at least 4 members (excludes halogenated alkanes) is 2. The second-order valence-corrected chi connectivity index (χ2v) is 20.9. The van der Waals surface area contributed by atoms with Crippen LogP contribution in [-0.4, -0.2) is 38.0 Å². The van der Waals surface area contributed by atoms with Crippen LogP contribution in [-0.2, 0) is 35.9 Å². The Labute approximate surface area is 293 Å². The molecular formula is C41H64O4Si2. The van der Waals surface area contributed by atoms with Gasteiger partial charge >= 0.3 is 0 Å². The van der Waals surface area contributed by atoms with E-state index >= 15 is 0 Å². The van der Waals surface area contributed by atoms with E-state index in [-0.39, 0.29) is 22.0 Å². The Balaban J connectivity index is 1.67. The van der Waals surface area contributed by atoms with Crippen molar-refractivity contribution in [2.75, 3.05) is 6.61 Å². The highest BCUT2D eigenvalue weighted by molar-refractivity contribution is 6.32. The van der Waals surface area contributed by atoms with Crippen molar-refractivity contribution in [3.63, 3.8) is 0 Å². The van der Waals surface area contributed by atoms with E-state index in [1.54, 1.807) is 0 Å². The van der Waals surface area contributed by atoms with Crippen LogP contribution in [0.3, 0.4) is 0 Å². The van der Waals surface area contributed by atoms with Gasteiger partial charge in [0.1, 0.15) is 0 Å². The minimum absolute atomic E-state index is 0.0210. The Morgan fingerprint density at radius 3 is 1.91 bits per heavy atom. The van der Waals surface area contributed by atoms with Gasteiger partial charge in [0.05, 0.1) is 16.8 Å². The molecular weight excluding hydrogens is 613 g/mol. The maximum atomic E-state index is 6.64. The minimum atomic E-state index is -0.457. The van der Waals surface area contributed by atoms with Crippen molar-refractivity contribution in [1.29, 1.82) is 0 Å². The smallest absolute Gasteiger partial charge is 0.236 e. The second-order valence-electron chi connectivity index (χ2n) is 17.0. The molecule has 1 atom stereocenters. The normalized spacial score (nSPS) is 17.1. The second kappa shape index (κ2) is 16.9. The van der Waals surface area contributed by atoms with Crippen LogP contribution in [0.4, 0.5) is 0 Å². The van der Waals surface area contributed by atoms with Crippen LogP contribution in [0.2, 0.25) is 10.1 Å². The Hall–Kier alpha value is -1.55. The van der Waals surface area contributed by atoms with Crippen molar-refractivity contribution in [3.05, 3.63) is 70.3 Å². The Morgan fingerprint density at radius 2 is 1.32 bits per heavy atom. The summed E-state index contributed by atoms with van der Waals surface area (Å²) in [5.74, 6) is 0. The molecule has 260 valence electrons. The zero-order valence-electron chi connectivity index (χ0n) is 31.8. The lowest BCUT2D eigenvalue weighted by Gasteiger charge is -2.37. The number of aryl methyl sites for hydroxylation is 1. The zero-order valence-corrected chi connectivity index (χ0v) is 33.8. The van der Waals surface area contributed by atoms with E-state index in [2.05, 4.69) is 138 Å². The molecule has 0 saturated carbocycles. The topological polar surface area (TPSA) is 36.9 Å². The monoisotopic (exact) mass is 676 g/mol. The average molecular weight is 677 g/mol. The molecule has 0 aromatic heterocycles. The van der Waals surface area contributed by atoms with Crippen molar-refractivity contribution >= 4 is 31.7 Å². The molecule has 0 amide bonds. The summed E-state index contributed by atoms with van der Waals surface area (Å²) in [5, 5.41) is 0.221. The van der Waals surface area contributed by atoms with E-state index in [4.69, 9.17) is 18.3 Å². The highest BCUT2D eigenvalue weighted by atomic mass is 28.2. The predicted octanol–water partition coefficient (Wildman–Crippen LogP) is 11.5. The molecule has 4 nitrogen and oxygen atoms in total. The van der Waals surface area contributed by atoms with Gasteiger partial charge in [-0.25, -0.2) is 0 Å². The standard InChI is InChI=1S/C41H64O4Si2/c1-37(2,3)46-44-40(9,10)34-26-25-33(30-35(34)41(11,12)45-47-38(4,5)6)24-23-32-21-18-20-31(29-32)19-14-13-16-27-39(7,8)43-36-22-15-17-28-42-36/h18,20-21,23-26,29-30,36H,13-17,19,22,27-28H2,1-12H3. The molecule has 1 fully saturated rings. The molecule has 1 saturated heterocycles. The van der Waals surface area contributed by atoms with E-state index < -0.39 is 11.2 Å². The van der Waals surface area contributed by atoms with Crippen LogP contribution in [0.25, 0.3) is 12.2 Å². The van der Waals surface area contributed by atoms with Gasteiger partial charge in [-0.2, -0.15) is 0 Å². The van der Waals surface area contributed by atoms with E-state index in [9.17, 15) is 0 Å². The van der Waals surface area contributed by atoms with Crippen LogP contribution in [0.1, 0.15) is 156 Å². The molecule has 1 aliphatic rings. The predicted molar refractivity (Wildman–Crippen MR) is 202 cm³/mol. The molecule has 0 aliphatic carbocycles. The third kappa shape index (κ3) is 14.5. The van der Waals surface area contributed by atoms with Crippen molar-refractivity contribution in [3.8, 4) is 0 Å². The number of hydrogen-bond acceptors (Lipinski definition) is 4. The van der Waals surface area contributed by atoms with Gasteiger partial charge in [-0.3, -0.25) is 0 Å². The van der Waals surface area contributed by atoms with Crippen LogP contribution in [0, 0.1) is 0 Å². The van der Waals surface area contributed by atoms with Crippen molar-refractivity contribution in [2.24, 2.45) is 0 Å². The Bertz CT molecular complexity index is 1280. The number of hydrogen-bond donors (Lipinski definition) is 0. The van der Waals surface area contributed by atoms with Gasteiger partial charge in [0.2, 0.25) is 19.5 Å². The fourth-order valence-corrected chi connectivity index (χ4v) is 7.02. The minimum Gasteiger partial charge on any atom is -0.408 e. The van der Waals surface area contributed by atoms with E-state index in [1.165, 1.54) is 53.5 Å². The van der Waals surface area contributed by atoms with E-state index in [1.807, 2.05) is 0 Å². The lowest BCUT2D eigenvalue weighted by molar-refractivity contribution is -0.217. The van der Waals surface area contributed by atoms with Crippen LogP contribution in [0.5, 0.6) is 0 Å². The van der Waals surface area contributed by atoms with Gasteiger partial charge < -0.3 is 18.3 Å². The first-order valence-corrected chi connectivity index (χ1v) is 19.7. The SMILES string of the molecule is CC(C)(CCCCCc1cccc(C=Cc2ccc(C(C)(C)O[Si]C(C)(C)C)c(C(C)(C)O[Si]C(C)(C)C)c2)c1)OC1CCCCO1. The maximum absolute atomic E-state index is 6.64. The summed E-state index contributed by atoms with van der Waals surface area (Å²) >= 11 is 0. The number of ether oxygens (including phenoxy) is 2. The summed E-state index contributed by atoms with van der Waals surface area (Å²) < 4.78 is 25.3. The summed E-state index contributed by atoms with van der Waals surface area (Å²) in [6.45, 7) is 27.4. The van der Waals surface area contributed by atoms with Crippen LogP contribution < -0.4 is 0 Å². The van der Waals surface area contributed by atoms with Gasteiger partial charge in [-0.05, 0) is 124 Å². The highest BCUT2D eigenvalue weighted by Crippen LogP contribution is 2.39. The zero-order chi connectivity index (χ0) is 34.9. The third-order valence-corrected chi connectivity index (χ3v) is 10.8. The van der Waals surface area contributed by atoms with E-state index in [0.29, 0.717) is 19.5 Å². The largest absolute Gasteiger partial charge is 0.408 e. The van der Waals surface area contributed by atoms with Crippen LogP contribution >= 0.6 is 0 Å². The molecule has 1 heterocycles. The van der Waals surface area contributed by atoms with Crippen molar-refractivity contribution in [1.82, 2.24) is 0 Å². The van der Waals surface area contributed by atoms with Crippen molar-refractivity contribution < 1.29 is 18.3 Å². The van der Waals surface area contributed by atoms with Crippen LogP contribution in [0.15, 0.2) is 42.5 Å². The fraction of sp³-hybridized carbons (Fsp3) is 0.659. The molecule has 0 bridgehead atoms. The van der Waals surface area contributed by atoms with Gasteiger partial charge in [0, 0.05) is 6.61 Å². The first kappa shape index (κ1) is 39.9. The first-order chi connectivity index (χ1) is 21.7. The Morgan fingerprint density at radius 1 is 0.702 bits per heavy atom. The van der Waals surface area contributed by atoms with Gasteiger partial charge in [0.15, 0.2) is 6.29 Å². The molecule has 1 unspecified atom stereocenters. The molecule has 1 aliphatic heterocycles. The van der Waals surface area contributed by atoms with E-state index in [0.717, 1.165) is 32.3 Å². The Kier molecular flexibility index (Phi) is 14.4. The quantitative estimate of drug-likeness (QED) is 0.101. The van der Waals surface area contributed by atoms with Gasteiger partial charge in [-0.1, -0.05) is 103 Å². The highest BCUT2D eigenvalue weighted by Gasteiger charge is 2.34. The summed E-state index contributed by atoms with van der Waals surface area (Å²) in [5.41, 5.74) is 5.15. The average Bonchev–Trinajstić information content (AvgIpc) is 2.98. The lowest BCUT2D eigenvalue weighted by Crippen LogP contribution is -2.34. The van der Waals surface area contributed by atoms with Gasteiger partial charge in [-0.15, -0.1) is 0 Å². The lowest BCUT2D eigenvalue weighted by atomic mass is 9.84. The summed E-state index contributed by atoms with van der Waals surface area (Å²) in [6, 6.07) is 15.8. The summed E-state index contributed by atoms with van der Waals surface area (Å²) in [4.78, 5) is 0. The molecule has 4 radical (unpaired) electrons. The summed E-state index contributed by atoms with van der Waals surface area (Å²) in [7, 11) is 0.793. The maximum Gasteiger partial charge on any atom is 0.236 e. The molecule has 6 heteroatoms. The summed E-state index contributed by atoms with van der Waals surface area (Å²) in [6.07, 6.45) is 13.6. The van der Waals surface area contributed by atoms with Gasteiger partial charge in [0.25, 0.3) is 0 Å². The molecule has 2 aromatic rings. The fourth-order valence-electron chi connectivity index (χ4n) is 5.68. The van der Waals surface area contributed by atoms with Crippen molar-refractivity contribution in [2.45, 2.75) is 168 Å². The molecule has 3 rings (SSSR count).